The second-order valence-corrected chi connectivity index (χ2v) is 5.60. The van der Waals surface area contributed by atoms with E-state index >= 15 is 0 Å². The lowest BCUT2D eigenvalue weighted by Crippen LogP contribution is -2.27. The first kappa shape index (κ1) is 14.9. The van der Waals surface area contributed by atoms with Crippen LogP contribution in [0.4, 0.5) is 5.69 Å². The predicted molar refractivity (Wildman–Crippen MR) is 79.7 cm³/mol. The van der Waals surface area contributed by atoms with Crippen molar-refractivity contribution in [3.63, 3.8) is 0 Å². The highest BCUT2D eigenvalue weighted by molar-refractivity contribution is 6.31. The first-order chi connectivity index (χ1) is 9.52. The molecule has 0 heterocycles. The van der Waals surface area contributed by atoms with Crippen LogP contribution in [0.2, 0.25) is 5.02 Å². The zero-order valence-electron chi connectivity index (χ0n) is 11.7. The summed E-state index contributed by atoms with van der Waals surface area (Å²) in [6.07, 6.45) is 1.53. The Balaban J connectivity index is 1.87. The Bertz CT molecular complexity index is 531. The van der Waals surface area contributed by atoms with Crippen LogP contribution in [0.25, 0.3) is 0 Å². The van der Waals surface area contributed by atoms with Gasteiger partial charge in [0.2, 0.25) is 11.8 Å². The molecule has 0 aliphatic heterocycles. The van der Waals surface area contributed by atoms with Gasteiger partial charge in [-0.15, -0.1) is 0 Å². The molecule has 1 fully saturated rings. The van der Waals surface area contributed by atoms with Gasteiger partial charge < -0.3 is 10.6 Å². The standard InChI is InChI=1S/C15H19ClN2O2/c1-3-6-17-14(19)11-8-12(11)15(20)18-10-5-4-9(2)13(16)7-10/h4-5,7,11-12H,3,6,8H2,1-2H3,(H,17,19)(H,18,20). The Hall–Kier alpha value is -1.55. The van der Waals surface area contributed by atoms with Crippen LogP contribution in [0.5, 0.6) is 0 Å². The van der Waals surface area contributed by atoms with E-state index in [0.29, 0.717) is 23.7 Å². The topological polar surface area (TPSA) is 58.2 Å². The van der Waals surface area contributed by atoms with Crippen LogP contribution in [0, 0.1) is 18.8 Å². The summed E-state index contributed by atoms with van der Waals surface area (Å²) in [6.45, 7) is 4.57. The molecule has 1 aromatic rings. The van der Waals surface area contributed by atoms with Crippen LogP contribution >= 0.6 is 11.6 Å². The summed E-state index contributed by atoms with van der Waals surface area (Å²) < 4.78 is 0. The number of hydrogen-bond donors (Lipinski definition) is 2. The number of rotatable bonds is 5. The number of hydrogen-bond acceptors (Lipinski definition) is 2. The van der Waals surface area contributed by atoms with Crippen LogP contribution in [0.15, 0.2) is 18.2 Å². The summed E-state index contributed by atoms with van der Waals surface area (Å²) in [5.74, 6) is -0.523. The van der Waals surface area contributed by atoms with Gasteiger partial charge in [-0.05, 0) is 37.5 Å². The molecule has 5 heteroatoms. The number of carbonyl (C=O) groups excluding carboxylic acids is 2. The predicted octanol–water partition coefficient (Wildman–Crippen LogP) is 2.75. The second kappa shape index (κ2) is 6.27. The van der Waals surface area contributed by atoms with E-state index in [2.05, 4.69) is 10.6 Å². The Labute approximate surface area is 123 Å². The smallest absolute Gasteiger partial charge is 0.228 e. The van der Waals surface area contributed by atoms with Gasteiger partial charge in [-0.1, -0.05) is 24.6 Å². The molecule has 0 saturated heterocycles. The molecule has 1 saturated carbocycles. The summed E-state index contributed by atoms with van der Waals surface area (Å²) in [6, 6.07) is 5.40. The number of amides is 2. The van der Waals surface area contributed by atoms with Gasteiger partial charge in [0.15, 0.2) is 0 Å². The van der Waals surface area contributed by atoms with Gasteiger partial charge in [0.1, 0.15) is 0 Å². The van der Waals surface area contributed by atoms with Crippen molar-refractivity contribution in [3.05, 3.63) is 28.8 Å². The fourth-order valence-electron chi connectivity index (χ4n) is 2.06. The molecule has 2 N–H and O–H groups in total. The lowest BCUT2D eigenvalue weighted by atomic mass is 10.2. The minimum Gasteiger partial charge on any atom is -0.356 e. The molecule has 0 spiro atoms. The zero-order valence-corrected chi connectivity index (χ0v) is 12.5. The van der Waals surface area contributed by atoms with Gasteiger partial charge in [-0.2, -0.15) is 0 Å². The number of nitrogens with one attached hydrogen (secondary N) is 2. The lowest BCUT2D eigenvalue weighted by Gasteiger charge is -2.07. The normalized spacial score (nSPS) is 20.4. The summed E-state index contributed by atoms with van der Waals surface area (Å²) in [7, 11) is 0. The van der Waals surface area contributed by atoms with Crippen LogP contribution < -0.4 is 10.6 Å². The third-order valence-electron chi connectivity index (χ3n) is 3.45. The number of benzene rings is 1. The highest BCUT2D eigenvalue weighted by atomic mass is 35.5. The van der Waals surface area contributed by atoms with E-state index in [1.807, 2.05) is 26.0 Å². The molecule has 0 radical (unpaired) electrons. The maximum Gasteiger partial charge on any atom is 0.228 e. The molecule has 0 bridgehead atoms. The average molecular weight is 295 g/mol. The van der Waals surface area contributed by atoms with Crippen LogP contribution in [0.3, 0.4) is 0 Å². The van der Waals surface area contributed by atoms with Crippen molar-refractivity contribution in [3.8, 4) is 0 Å². The summed E-state index contributed by atoms with van der Waals surface area (Å²) in [4.78, 5) is 23.7. The van der Waals surface area contributed by atoms with E-state index < -0.39 is 0 Å². The molecule has 4 nitrogen and oxygen atoms in total. The fourth-order valence-corrected chi connectivity index (χ4v) is 2.24. The molecule has 108 valence electrons. The zero-order chi connectivity index (χ0) is 14.7. The fraction of sp³-hybridized carbons (Fsp3) is 0.467. The maximum atomic E-state index is 12.0. The SMILES string of the molecule is CCCNC(=O)C1CC1C(=O)Nc1ccc(C)c(Cl)c1. The molecule has 2 rings (SSSR count). The van der Waals surface area contributed by atoms with Gasteiger partial charge >= 0.3 is 0 Å². The van der Waals surface area contributed by atoms with E-state index in [1.54, 1.807) is 6.07 Å². The van der Waals surface area contributed by atoms with Crippen LogP contribution in [0.1, 0.15) is 25.3 Å². The van der Waals surface area contributed by atoms with E-state index in [-0.39, 0.29) is 23.7 Å². The molecule has 2 atom stereocenters. The third-order valence-corrected chi connectivity index (χ3v) is 3.86. The molecular formula is C15H19ClN2O2. The first-order valence-corrected chi connectivity index (χ1v) is 7.25. The number of anilines is 1. The van der Waals surface area contributed by atoms with Crippen molar-refractivity contribution in [1.82, 2.24) is 5.32 Å². The molecule has 0 aromatic heterocycles. The summed E-state index contributed by atoms with van der Waals surface area (Å²) in [5.41, 5.74) is 1.64. The van der Waals surface area contributed by atoms with Gasteiger partial charge in [0, 0.05) is 17.3 Å². The highest BCUT2D eigenvalue weighted by Crippen LogP contribution is 2.39. The van der Waals surface area contributed by atoms with Crippen molar-refractivity contribution in [1.29, 1.82) is 0 Å². The Morgan fingerprint density at radius 1 is 1.30 bits per heavy atom. The van der Waals surface area contributed by atoms with Crippen molar-refractivity contribution >= 4 is 29.1 Å². The second-order valence-electron chi connectivity index (χ2n) is 5.19. The van der Waals surface area contributed by atoms with E-state index in [0.717, 1.165) is 12.0 Å². The Kier molecular flexibility index (Phi) is 4.65. The van der Waals surface area contributed by atoms with E-state index in [4.69, 9.17) is 11.6 Å². The number of halogens is 1. The maximum absolute atomic E-state index is 12.0. The van der Waals surface area contributed by atoms with Crippen LogP contribution in [-0.4, -0.2) is 18.4 Å². The van der Waals surface area contributed by atoms with Crippen molar-refractivity contribution < 1.29 is 9.59 Å². The Morgan fingerprint density at radius 3 is 2.65 bits per heavy atom. The van der Waals surface area contributed by atoms with Gasteiger partial charge in [0.25, 0.3) is 0 Å². The lowest BCUT2D eigenvalue weighted by molar-refractivity contribution is -0.125. The van der Waals surface area contributed by atoms with Gasteiger partial charge in [-0.3, -0.25) is 9.59 Å². The van der Waals surface area contributed by atoms with Gasteiger partial charge in [-0.25, -0.2) is 0 Å². The molecule has 1 aromatic carbocycles. The molecule has 1 aliphatic rings. The van der Waals surface area contributed by atoms with Gasteiger partial charge in [0.05, 0.1) is 11.8 Å². The van der Waals surface area contributed by atoms with E-state index in [9.17, 15) is 9.59 Å². The molecular weight excluding hydrogens is 276 g/mol. The molecule has 1 aliphatic carbocycles. The van der Waals surface area contributed by atoms with Crippen molar-refractivity contribution in [2.75, 3.05) is 11.9 Å². The summed E-state index contributed by atoms with van der Waals surface area (Å²) in [5, 5.41) is 6.25. The largest absolute Gasteiger partial charge is 0.356 e. The highest BCUT2D eigenvalue weighted by Gasteiger charge is 2.47. The monoisotopic (exact) mass is 294 g/mol. The number of aryl methyl sites for hydroxylation is 1. The first-order valence-electron chi connectivity index (χ1n) is 6.87. The minimum absolute atomic E-state index is 0.0195. The third kappa shape index (κ3) is 3.51. The summed E-state index contributed by atoms with van der Waals surface area (Å²) >= 11 is 6.01. The molecule has 20 heavy (non-hydrogen) atoms. The van der Waals surface area contributed by atoms with E-state index in [1.165, 1.54) is 0 Å². The van der Waals surface area contributed by atoms with Crippen LogP contribution in [-0.2, 0) is 9.59 Å². The Morgan fingerprint density at radius 2 is 2.00 bits per heavy atom. The van der Waals surface area contributed by atoms with Crippen molar-refractivity contribution in [2.45, 2.75) is 26.7 Å². The van der Waals surface area contributed by atoms with Crippen molar-refractivity contribution in [2.24, 2.45) is 11.8 Å². The average Bonchev–Trinajstić information content (AvgIpc) is 3.20. The molecule has 2 unspecified atom stereocenters. The quantitative estimate of drug-likeness (QED) is 0.877. The minimum atomic E-state index is -0.216. The molecule has 2 amide bonds. The number of carbonyl (C=O) groups is 2.